The lowest BCUT2D eigenvalue weighted by atomic mass is 9.33. The second kappa shape index (κ2) is 20.2. The summed E-state index contributed by atoms with van der Waals surface area (Å²) in [6.45, 7) is -0.281. The van der Waals surface area contributed by atoms with Gasteiger partial charge in [0.15, 0.2) is 0 Å². The lowest BCUT2D eigenvalue weighted by molar-refractivity contribution is 1.13. The number of anilines is 6. The number of benzene rings is 15. The largest absolute Gasteiger partial charge is 0.309 e. The van der Waals surface area contributed by atoms with Crippen LogP contribution < -0.4 is 26.2 Å². The molecule has 8 heteroatoms. The average molecular weight is 1250 g/mol. The van der Waals surface area contributed by atoms with Crippen molar-refractivity contribution in [3.05, 3.63) is 340 Å². The zero-order valence-electron chi connectivity index (χ0n) is 53.0. The fourth-order valence-corrected chi connectivity index (χ4v) is 17.6. The van der Waals surface area contributed by atoms with E-state index in [0.717, 1.165) is 118 Å². The highest BCUT2D eigenvalue weighted by atomic mass is 15.2. The molecule has 0 aliphatic carbocycles. The zero-order valence-corrected chi connectivity index (χ0v) is 53.0. The first-order valence-corrected chi connectivity index (χ1v) is 33.9. The van der Waals surface area contributed by atoms with E-state index >= 15 is 0 Å². The molecule has 0 bridgehead atoms. The maximum atomic E-state index is 2.70. The van der Waals surface area contributed by atoms with E-state index in [9.17, 15) is 0 Å². The fraction of sp³-hybridized carbons (Fsp3) is 0. The van der Waals surface area contributed by atoms with E-state index in [1.165, 1.54) is 70.3 Å². The molecule has 7 nitrogen and oxygen atoms in total. The summed E-state index contributed by atoms with van der Waals surface area (Å²) in [6.07, 6.45) is 0. The van der Waals surface area contributed by atoms with Gasteiger partial charge in [-0.15, -0.1) is 0 Å². The summed E-state index contributed by atoms with van der Waals surface area (Å²) in [4.78, 5) is 5.40. The molecule has 2 aliphatic heterocycles. The summed E-state index contributed by atoms with van der Waals surface area (Å²) in [5, 5.41) is 12.0. The average Bonchev–Trinajstić information content (AvgIpc) is 1.29. The first kappa shape index (κ1) is 53.3. The van der Waals surface area contributed by atoms with Crippen LogP contribution in [0.15, 0.2) is 340 Å². The molecule has 0 N–H and O–H groups in total. The van der Waals surface area contributed by atoms with Gasteiger partial charge in [-0.1, -0.05) is 218 Å². The predicted octanol–water partition coefficient (Wildman–Crippen LogP) is 21.3. The van der Waals surface area contributed by atoms with Gasteiger partial charge in [-0.2, -0.15) is 0 Å². The van der Waals surface area contributed by atoms with E-state index in [1.807, 2.05) is 0 Å². The van der Waals surface area contributed by atoms with Crippen LogP contribution in [0.3, 0.4) is 0 Å². The molecule has 2 aliphatic rings. The highest BCUT2D eigenvalue weighted by Crippen LogP contribution is 2.54. The highest BCUT2D eigenvalue weighted by molar-refractivity contribution is 7.01. The lowest BCUT2D eigenvalue weighted by Crippen LogP contribution is -2.61. The fourth-order valence-electron chi connectivity index (χ4n) is 17.6. The van der Waals surface area contributed by atoms with Crippen LogP contribution in [0.1, 0.15) is 0 Å². The monoisotopic (exact) mass is 1250 g/mol. The molecule has 0 saturated carbocycles. The van der Waals surface area contributed by atoms with E-state index in [1.54, 1.807) is 0 Å². The minimum atomic E-state index is -0.281. The van der Waals surface area contributed by atoms with Crippen LogP contribution in [-0.4, -0.2) is 29.5 Å². The van der Waals surface area contributed by atoms with Crippen molar-refractivity contribution in [1.82, 2.24) is 22.8 Å². The van der Waals surface area contributed by atoms with Crippen LogP contribution in [0.5, 0.6) is 0 Å². The second-order valence-corrected chi connectivity index (χ2v) is 26.3. The van der Waals surface area contributed by atoms with E-state index in [2.05, 4.69) is 372 Å². The van der Waals surface area contributed by atoms with E-state index in [4.69, 9.17) is 0 Å². The summed E-state index contributed by atoms with van der Waals surface area (Å²) in [7, 11) is 0. The Labute approximate surface area is 563 Å². The van der Waals surface area contributed by atoms with Gasteiger partial charge in [0.25, 0.3) is 6.71 Å². The maximum Gasteiger partial charge on any atom is 0.252 e. The molecule has 0 spiro atoms. The quantitative estimate of drug-likeness (QED) is 0.149. The molecule has 0 fully saturated rings. The first-order chi connectivity index (χ1) is 48.7. The Morgan fingerprint density at radius 3 is 0.796 bits per heavy atom. The number of aromatic nitrogens is 5. The second-order valence-electron chi connectivity index (χ2n) is 26.3. The Morgan fingerprint density at radius 1 is 0.184 bits per heavy atom. The number of hydrogen-bond donors (Lipinski definition) is 0. The number of rotatable bonds is 7. The Hall–Kier alpha value is -13.0. The third-order valence-electron chi connectivity index (χ3n) is 21.4. The summed E-state index contributed by atoms with van der Waals surface area (Å²) < 4.78 is 12.6. The standard InChI is InChI=1S/C90H56BN7/c1-3-27-57(28-4-1)92-76-45-21-13-37-66(76)86-82(92)53-51-68-89(86)97(80-49-25-23-47-78(80)95-72-41-17-9-33-62(72)63-34-10-18-42-73(63)95)84-55-59(94-70-39-15-7-31-60(70)61-32-8-16-40-71(61)94)56-85-88(84)91(68)69-52-54-83-87(67-38-14-22-46-77(67)93(83)58-29-5-2-6-30-58)90(69)98(85)81-50-26-24-48-79(81)96-74-43-19-11-35-64(74)65-36-12-20-44-75(65)96/h1-56H. The summed E-state index contributed by atoms with van der Waals surface area (Å²) in [6, 6.07) is 127. The Kier molecular flexibility index (Phi) is 11.0. The van der Waals surface area contributed by atoms with Crippen molar-refractivity contribution in [3.8, 4) is 28.4 Å². The molecule has 0 radical (unpaired) electrons. The number of nitrogens with zero attached hydrogens (tertiary/aromatic N) is 7. The Balaban J connectivity index is 0.965. The van der Waals surface area contributed by atoms with Gasteiger partial charge in [-0.05, 0) is 138 Å². The van der Waals surface area contributed by atoms with Crippen LogP contribution in [0.2, 0.25) is 0 Å². The summed E-state index contributed by atoms with van der Waals surface area (Å²) in [5.41, 5.74) is 27.2. The van der Waals surface area contributed by atoms with Crippen LogP contribution in [0.25, 0.3) is 137 Å². The molecule has 20 aromatic rings. The molecule has 0 unspecified atom stereocenters. The van der Waals surface area contributed by atoms with E-state index in [-0.39, 0.29) is 6.71 Å². The molecule has 22 rings (SSSR count). The Morgan fingerprint density at radius 2 is 0.449 bits per heavy atom. The first-order valence-electron chi connectivity index (χ1n) is 33.9. The molecular formula is C90H56BN7. The molecule has 5 aromatic heterocycles. The SMILES string of the molecule is c1ccc(-n2c3ccccc3c3c4c(ccc32)B2c3ccc5c(c3N(c3ccccc3-n3c6ccccc6c6ccccc63)c3cc(-n6c7ccccc7c7ccccc76)cc(c32)N4c2ccccc2-n2c3ccccc3c3ccccc32)c2ccccc2n5-c2ccccc2)cc1. The third kappa shape index (κ3) is 7.16. The molecule has 454 valence electrons. The Bertz CT molecular complexity index is 6270. The van der Waals surface area contributed by atoms with Crippen molar-refractivity contribution in [1.29, 1.82) is 0 Å². The van der Waals surface area contributed by atoms with Gasteiger partial charge in [0.1, 0.15) is 0 Å². The van der Waals surface area contributed by atoms with Gasteiger partial charge in [-0.3, -0.25) is 0 Å². The maximum absolute atomic E-state index is 2.70. The third-order valence-corrected chi connectivity index (χ3v) is 21.4. The molecule has 0 atom stereocenters. The van der Waals surface area contributed by atoms with Crippen molar-refractivity contribution in [3.63, 3.8) is 0 Å². The lowest BCUT2D eigenvalue weighted by Gasteiger charge is -2.45. The van der Waals surface area contributed by atoms with Crippen molar-refractivity contribution < 1.29 is 0 Å². The normalized spacial score (nSPS) is 12.8. The zero-order chi connectivity index (χ0) is 63.8. The van der Waals surface area contributed by atoms with Gasteiger partial charge in [0, 0.05) is 76.6 Å². The minimum Gasteiger partial charge on any atom is -0.309 e. The summed E-state index contributed by atoms with van der Waals surface area (Å²) >= 11 is 0. The molecule has 0 amide bonds. The number of hydrogen-bond acceptors (Lipinski definition) is 2. The van der Waals surface area contributed by atoms with Crippen molar-refractivity contribution in [2.75, 3.05) is 9.80 Å². The van der Waals surface area contributed by atoms with Crippen molar-refractivity contribution >= 4 is 166 Å². The number of fused-ring (bicyclic) bond motifs is 21. The van der Waals surface area contributed by atoms with Crippen LogP contribution >= 0.6 is 0 Å². The van der Waals surface area contributed by atoms with Gasteiger partial charge < -0.3 is 32.6 Å². The summed E-state index contributed by atoms with van der Waals surface area (Å²) in [5.74, 6) is 0. The van der Waals surface area contributed by atoms with Crippen molar-refractivity contribution in [2.24, 2.45) is 0 Å². The van der Waals surface area contributed by atoms with Gasteiger partial charge in [0.2, 0.25) is 0 Å². The molecule has 7 heterocycles. The highest BCUT2D eigenvalue weighted by Gasteiger charge is 2.47. The molecule has 98 heavy (non-hydrogen) atoms. The topological polar surface area (TPSA) is 31.1 Å². The molecular weight excluding hydrogens is 1190 g/mol. The molecule has 15 aromatic carbocycles. The predicted molar refractivity (Wildman–Crippen MR) is 412 cm³/mol. The van der Waals surface area contributed by atoms with Crippen LogP contribution in [0.4, 0.5) is 34.1 Å². The number of para-hydroxylation sites is 14. The van der Waals surface area contributed by atoms with Crippen LogP contribution in [0, 0.1) is 0 Å². The van der Waals surface area contributed by atoms with Gasteiger partial charge >= 0.3 is 0 Å². The van der Waals surface area contributed by atoms with Crippen molar-refractivity contribution in [2.45, 2.75) is 0 Å². The van der Waals surface area contributed by atoms with E-state index in [0.29, 0.717) is 0 Å². The van der Waals surface area contributed by atoms with E-state index < -0.39 is 0 Å². The smallest absolute Gasteiger partial charge is 0.252 e. The van der Waals surface area contributed by atoms with Crippen LogP contribution in [-0.2, 0) is 0 Å². The van der Waals surface area contributed by atoms with Gasteiger partial charge in [0.05, 0.1) is 95.0 Å². The van der Waals surface area contributed by atoms with Gasteiger partial charge in [-0.25, -0.2) is 0 Å². The minimum absolute atomic E-state index is 0.281. The molecule has 0 saturated heterocycles.